The van der Waals surface area contributed by atoms with Crippen LogP contribution in [0.3, 0.4) is 0 Å². The zero-order valence-corrected chi connectivity index (χ0v) is 11.0. The number of hydrogen-bond acceptors (Lipinski definition) is 2. The SMILES string of the molecule is NCc1[nH]c(-c2ccccc2Br)nc1C1CC1. The number of halogens is 1. The highest BCUT2D eigenvalue weighted by molar-refractivity contribution is 9.10. The second-order valence-electron chi connectivity index (χ2n) is 4.41. The molecule has 4 heteroatoms. The van der Waals surface area contributed by atoms with Gasteiger partial charge in [-0.15, -0.1) is 0 Å². The highest BCUT2D eigenvalue weighted by atomic mass is 79.9. The molecular formula is C13H14BrN3. The molecule has 88 valence electrons. The van der Waals surface area contributed by atoms with Crippen LogP contribution in [0.1, 0.15) is 30.1 Å². The topological polar surface area (TPSA) is 54.7 Å². The van der Waals surface area contributed by atoms with Crippen LogP contribution in [0.15, 0.2) is 28.7 Å². The molecule has 1 fully saturated rings. The van der Waals surface area contributed by atoms with E-state index in [1.807, 2.05) is 18.2 Å². The lowest BCUT2D eigenvalue weighted by Crippen LogP contribution is -1.99. The van der Waals surface area contributed by atoms with Crippen molar-refractivity contribution < 1.29 is 0 Å². The maximum Gasteiger partial charge on any atom is 0.139 e. The minimum Gasteiger partial charge on any atom is -0.341 e. The quantitative estimate of drug-likeness (QED) is 0.913. The molecule has 2 aromatic rings. The number of aromatic nitrogens is 2. The van der Waals surface area contributed by atoms with Crippen LogP contribution in [-0.2, 0) is 6.54 Å². The van der Waals surface area contributed by atoms with E-state index < -0.39 is 0 Å². The normalized spacial score (nSPS) is 15.2. The minimum atomic E-state index is 0.531. The Bertz CT molecular complexity index is 543. The predicted octanol–water partition coefficient (Wildman–Crippen LogP) is 3.18. The van der Waals surface area contributed by atoms with Gasteiger partial charge in [-0.3, -0.25) is 0 Å². The molecule has 1 aliphatic carbocycles. The molecule has 0 radical (unpaired) electrons. The fourth-order valence-electron chi connectivity index (χ4n) is 2.05. The van der Waals surface area contributed by atoms with E-state index in [1.165, 1.54) is 18.5 Å². The predicted molar refractivity (Wildman–Crippen MR) is 71.6 cm³/mol. The van der Waals surface area contributed by atoms with Crippen molar-refractivity contribution in [2.24, 2.45) is 5.73 Å². The van der Waals surface area contributed by atoms with E-state index in [1.54, 1.807) is 0 Å². The van der Waals surface area contributed by atoms with Crippen LogP contribution in [0.2, 0.25) is 0 Å². The van der Waals surface area contributed by atoms with E-state index >= 15 is 0 Å². The van der Waals surface area contributed by atoms with Gasteiger partial charge >= 0.3 is 0 Å². The van der Waals surface area contributed by atoms with Gasteiger partial charge in [-0.1, -0.05) is 34.1 Å². The second-order valence-corrected chi connectivity index (χ2v) is 5.26. The first-order chi connectivity index (χ1) is 8.29. The third-order valence-electron chi connectivity index (χ3n) is 3.11. The number of hydrogen-bond donors (Lipinski definition) is 2. The highest BCUT2D eigenvalue weighted by Gasteiger charge is 2.29. The molecule has 0 saturated heterocycles. The van der Waals surface area contributed by atoms with Crippen LogP contribution in [0.4, 0.5) is 0 Å². The van der Waals surface area contributed by atoms with Gasteiger partial charge in [-0.05, 0) is 18.9 Å². The smallest absolute Gasteiger partial charge is 0.139 e. The zero-order chi connectivity index (χ0) is 11.8. The minimum absolute atomic E-state index is 0.531. The van der Waals surface area contributed by atoms with Crippen molar-refractivity contribution in [3.8, 4) is 11.4 Å². The summed E-state index contributed by atoms with van der Waals surface area (Å²) < 4.78 is 1.06. The number of nitrogens with two attached hydrogens (primary N) is 1. The number of nitrogens with one attached hydrogen (secondary N) is 1. The van der Waals surface area contributed by atoms with Gasteiger partial charge in [-0.25, -0.2) is 4.98 Å². The molecule has 3 rings (SSSR count). The maximum absolute atomic E-state index is 5.76. The molecule has 0 amide bonds. The Kier molecular flexibility index (Phi) is 2.76. The Labute approximate surface area is 109 Å². The van der Waals surface area contributed by atoms with Gasteiger partial charge < -0.3 is 10.7 Å². The van der Waals surface area contributed by atoms with Gasteiger partial charge in [0, 0.05) is 22.5 Å². The van der Waals surface area contributed by atoms with Crippen LogP contribution in [-0.4, -0.2) is 9.97 Å². The lowest BCUT2D eigenvalue weighted by atomic mass is 10.2. The Morgan fingerprint density at radius 3 is 2.76 bits per heavy atom. The Morgan fingerprint density at radius 1 is 1.35 bits per heavy atom. The van der Waals surface area contributed by atoms with Crippen molar-refractivity contribution in [3.63, 3.8) is 0 Å². The summed E-state index contributed by atoms with van der Waals surface area (Å²) in [5, 5.41) is 0. The van der Waals surface area contributed by atoms with Crippen LogP contribution in [0.25, 0.3) is 11.4 Å². The molecular weight excluding hydrogens is 278 g/mol. The van der Waals surface area contributed by atoms with E-state index in [2.05, 4.69) is 27.0 Å². The summed E-state index contributed by atoms with van der Waals surface area (Å²) >= 11 is 3.55. The summed E-state index contributed by atoms with van der Waals surface area (Å²) in [7, 11) is 0. The molecule has 0 unspecified atom stereocenters. The zero-order valence-electron chi connectivity index (χ0n) is 9.41. The molecule has 17 heavy (non-hydrogen) atoms. The number of imidazole rings is 1. The molecule has 1 aromatic carbocycles. The summed E-state index contributed by atoms with van der Waals surface area (Å²) in [6.07, 6.45) is 2.49. The van der Waals surface area contributed by atoms with Crippen LogP contribution < -0.4 is 5.73 Å². The first-order valence-electron chi connectivity index (χ1n) is 5.83. The molecule has 1 aromatic heterocycles. The van der Waals surface area contributed by atoms with Crippen molar-refractivity contribution in [2.75, 3.05) is 0 Å². The van der Waals surface area contributed by atoms with Crippen LogP contribution in [0.5, 0.6) is 0 Å². The van der Waals surface area contributed by atoms with Gasteiger partial charge in [0.2, 0.25) is 0 Å². The largest absolute Gasteiger partial charge is 0.341 e. The Hall–Kier alpha value is -1.13. The average molecular weight is 292 g/mol. The Balaban J connectivity index is 2.06. The monoisotopic (exact) mass is 291 g/mol. The third kappa shape index (κ3) is 2.03. The lowest BCUT2D eigenvalue weighted by Gasteiger charge is -1.99. The maximum atomic E-state index is 5.76. The molecule has 0 spiro atoms. The van der Waals surface area contributed by atoms with Crippen LogP contribution in [0, 0.1) is 0 Å². The molecule has 0 bridgehead atoms. The molecule has 1 heterocycles. The van der Waals surface area contributed by atoms with E-state index in [9.17, 15) is 0 Å². The lowest BCUT2D eigenvalue weighted by molar-refractivity contribution is 0.944. The van der Waals surface area contributed by atoms with Gasteiger partial charge in [0.05, 0.1) is 11.4 Å². The number of H-pyrrole nitrogens is 1. The summed E-state index contributed by atoms with van der Waals surface area (Å²) in [6, 6.07) is 8.10. The summed E-state index contributed by atoms with van der Waals surface area (Å²) in [5.41, 5.74) is 9.10. The number of rotatable bonds is 3. The Morgan fingerprint density at radius 2 is 2.12 bits per heavy atom. The van der Waals surface area contributed by atoms with E-state index in [4.69, 9.17) is 10.7 Å². The van der Waals surface area contributed by atoms with Gasteiger partial charge in [0.1, 0.15) is 5.82 Å². The van der Waals surface area contributed by atoms with Crippen molar-refractivity contribution in [3.05, 3.63) is 40.1 Å². The number of nitrogens with zero attached hydrogens (tertiary/aromatic N) is 1. The second kappa shape index (κ2) is 4.27. The number of benzene rings is 1. The summed E-state index contributed by atoms with van der Waals surface area (Å²) in [4.78, 5) is 8.05. The van der Waals surface area contributed by atoms with Crippen LogP contribution >= 0.6 is 15.9 Å². The van der Waals surface area contributed by atoms with E-state index in [0.717, 1.165) is 21.6 Å². The summed E-state index contributed by atoms with van der Waals surface area (Å²) in [5.74, 6) is 1.54. The van der Waals surface area contributed by atoms with Gasteiger partial charge in [-0.2, -0.15) is 0 Å². The first kappa shape index (κ1) is 11.0. The van der Waals surface area contributed by atoms with Crippen molar-refractivity contribution in [1.82, 2.24) is 9.97 Å². The van der Waals surface area contributed by atoms with Crippen molar-refractivity contribution >= 4 is 15.9 Å². The molecule has 0 aliphatic heterocycles. The third-order valence-corrected chi connectivity index (χ3v) is 3.80. The van der Waals surface area contributed by atoms with E-state index in [-0.39, 0.29) is 0 Å². The van der Waals surface area contributed by atoms with Crippen molar-refractivity contribution in [2.45, 2.75) is 25.3 Å². The fraction of sp³-hybridized carbons (Fsp3) is 0.308. The van der Waals surface area contributed by atoms with Gasteiger partial charge in [0.15, 0.2) is 0 Å². The number of aromatic amines is 1. The molecule has 3 N–H and O–H groups in total. The molecule has 3 nitrogen and oxygen atoms in total. The van der Waals surface area contributed by atoms with Gasteiger partial charge in [0.25, 0.3) is 0 Å². The fourth-order valence-corrected chi connectivity index (χ4v) is 2.53. The molecule has 1 aliphatic rings. The summed E-state index contributed by atoms with van der Waals surface area (Å²) in [6.45, 7) is 0.531. The van der Waals surface area contributed by atoms with Crippen molar-refractivity contribution in [1.29, 1.82) is 0 Å². The van der Waals surface area contributed by atoms with E-state index in [0.29, 0.717) is 12.5 Å². The standard InChI is InChI=1S/C13H14BrN3/c14-10-4-2-1-3-9(10)13-16-11(7-15)12(17-13)8-5-6-8/h1-4,8H,5-7,15H2,(H,16,17). The highest BCUT2D eigenvalue weighted by Crippen LogP contribution is 2.41. The molecule has 0 atom stereocenters. The first-order valence-corrected chi connectivity index (χ1v) is 6.62. The molecule has 1 saturated carbocycles. The average Bonchev–Trinajstić information content (AvgIpc) is 3.10.